The molecule has 9 nitrogen and oxygen atoms in total. The number of amides is 2. The smallest absolute Gasteiger partial charge is 0.267 e. The summed E-state index contributed by atoms with van der Waals surface area (Å²) >= 11 is 0. The number of hydrogen-bond acceptors (Lipinski definition) is 6. The number of rotatable bonds is 4. The second-order valence-corrected chi connectivity index (χ2v) is 5.59. The van der Waals surface area contributed by atoms with E-state index in [-0.39, 0.29) is 18.2 Å². The van der Waals surface area contributed by atoms with Crippen LogP contribution >= 0.6 is 0 Å². The van der Waals surface area contributed by atoms with Crippen LogP contribution in [0.25, 0.3) is 0 Å². The lowest BCUT2D eigenvalue weighted by Gasteiger charge is -2.30. The molecular formula is C15H18N6O3. The van der Waals surface area contributed by atoms with E-state index in [0.29, 0.717) is 29.5 Å². The monoisotopic (exact) mass is 330 g/mol. The van der Waals surface area contributed by atoms with E-state index in [4.69, 9.17) is 4.74 Å². The maximum Gasteiger partial charge on any atom is 0.267 e. The Balaban J connectivity index is 1.67. The number of fused-ring (bicyclic) bond motifs is 1. The summed E-state index contributed by atoms with van der Waals surface area (Å²) in [5.74, 6) is 0.985. The van der Waals surface area contributed by atoms with Crippen molar-refractivity contribution in [1.29, 1.82) is 0 Å². The van der Waals surface area contributed by atoms with Crippen molar-refractivity contribution < 1.29 is 14.3 Å². The van der Waals surface area contributed by atoms with Crippen LogP contribution in [0.5, 0.6) is 5.75 Å². The number of likely N-dealkylation sites (N-methyl/N-ethyl adjacent to an activating group) is 1. The predicted octanol–water partition coefficient (Wildman–Crippen LogP) is 0.754. The molecule has 3 rings (SSSR count). The van der Waals surface area contributed by atoms with E-state index >= 15 is 0 Å². The van der Waals surface area contributed by atoms with Gasteiger partial charge in [-0.05, 0) is 42.5 Å². The minimum absolute atomic E-state index is 0.125. The van der Waals surface area contributed by atoms with E-state index in [1.807, 2.05) is 0 Å². The normalized spacial score (nSPS) is 16.5. The first kappa shape index (κ1) is 15.9. The average molecular weight is 330 g/mol. The zero-order valence-corrected chi connectivity index (χ0v) is 13.7. The Bertz CT molecular complexity index is 787. The van der Waals surface area contributed by atoms with Gasteiger partial charge in [-0.25, -0.2) is 4.68 Å². The van der Waals surface area contributed by atoms with E-state index in [1.54, 1.807) is 43.8 Å². The molecule has 0 aliphatic carbocycles. The first-order valence-electron chi connectivity index (χ1n) is 7.56. The van der Waals surface area contributed by atoms with Crippen LogP contribution in [-0.4, -0.2) is 45.2 Å². The molecule has 1 aliphatic rings. The van der Waals surface area contributed by atoms with Gasteiger partial charge in [0.2, 0.25) is 5.91 Å². The number of benzene rings is 1. The SMILES string of the molecule is Cc1nnnn1CCC(=O)Nc1ccc2c(c1)N(C)C(=O)C(C)O2. The molecular weight excluding hydrogens is 312 g/mol. The van der Waals surface area contributed by atoms with Crippen molar-refractivity contribution in [1.82, 2.24) is 20.2 Å². The molecule has 24 heavy (non-hydrogen) atoms. The molecule has 0 bridgehead atoms. The standard InChI is InChI=1S/C15H18N6O3/c1-9-15(23)20(3)12-8-11(4-5-13(12)24-9)16-14(22)6-7-21-10(2)17-18-19-21/h4-5,8-9H,6-7H2,1-3H3,(H,16,22). The molecule has 9 heteroatoms. The molecule has 0 saturated carbocycles. The number of carbonyl (C=O) groups excluding carboxylic acids is 2. The molecule has 0 fully saturated rings. The topological polar surface area (TPSA) is 102 Å². The van der Waals surface area contributed by atoms with Gasteiger partial charge in [-0.3, -0.25) is 9.59 Å². The summed E-state index contributed by atoms with van der Waals surface area (Å²) in [4.78, 5) is 25.6. The number of tetrazole rings is 1. The second-order valence-electron chi connectivity index (χ2n) is 5.59. The fourth-order valence-corrected chi connectivity index (χ4v) is 2.48. The number of anilines is 2. The molecule has 1 atom stereocenters. The summed E-state index contributed by atoms with van der Waals surface area (Å²) in [5.41, 5.74) is 1.23. The van der Waals surface area contributed by atoms with Crippen LogP contribution in [0, 0.1) is 6.92 Å². The number of ether oxygens (including phenoxy) is 1. The molecule has 2 aromatic rings. The lowest BCUT2D eigenvalue weighted by atomic mass is 10.2. The molecule has 1 unspecified atom stereocenters. The summed E-state index contributed by atoms with van der Waals surface area (Å²) in [6.07, 6.45) is -0.270. The highest BCUT2D eigenvalue weighted by Crippen LogP contribution is 2.35. The van der Waals surface area contributed by atoms with Crippen LogP contribution in [0.15, 0.2) is 18.2 Å². The Kier molecular flexibility index (Phi) is 4.15. The Morgan fingerprint density at radius 1 is 1.42 bits per heavy atom. The van der Waals surface area contributed by atoms with E-state index in [1.165, 1.54) is 4.90 Å². The van der Waals surface area contributed by atoms with Gasteiger partial charge in [0.25, 0.3) is 5.91 Å². The summed E-state index contributed by atoms with van der Waals surface area (Å²) in [7, 11) is 1.69. The van der Waals surface area contributed by atoms with Crippen molar-refractivity contribution in [3.05, 3.63) is 24.0 Å². The third-order valence-electron chi connectivity index (χ3n) is 3.85. The van der Waals surface area contributed by atoms with E-state index in [0.717, 1.165) is 0 Å². The third-order valence-corrected chi connectivity index (χ3v) is 3.85. The van der Waals surface area contributed by atoms with Crippen LogP contribution in [-0.2, 0) is 16.1 Å². The number of aryl methyl sites for hydroxylation is 2. The van der Waals surface area contributed by atoms with Crippen molar-refractivity contribution in [3.8, 4) is 5.75 Å². The lowest BCUT2D eigenvalue weighted by Crippen LogP contribution is -2.41. The molecule has 1 aromatic carbocycles. The highest BCUT2D eigenvalue weighted by molar-refractivity contribution is 6.00. The third kappa shape index (κ3) is 3.05. The molecule has 126 valence electrons. The number of nitrogens with one attached hydrogen (secondary N) is 1. The van der Waals surface area contributed by atoms with E-state index in [9.17, 15) is 9.59 Å². The van der Waals surface area contributed by atoms with Gasteiger partial charge in [0.1, 0.15) is 11.6 Å². The summed E-state index contributed by atoms with van der Waals surface area (Å²) < 4.78 is 7.12. The van der Waals surface area contributed by atoms with Crippen molar-refractivity contribution in [2.75, 3.05) is 17.3 Å². The van der Waals surface area contributed by atoms with Gasteiger partial charge in [0.05, 0.1) is 12.2 Å². The van der Waals surface area contributed by atoms with E-state index in [2.05, 4.69) is 20.8 Å². The number of aromatic nitrogens is 4. The molecule has 1 aliphatic heterocycles. The van der Waals surface area contributed by atoms with Crippen molar-refractivity contribution in [3.63, 3.8) is 0 Å². The highest BCUT2D eigenvalue weighted by atomic mass is 16.5. The second kappa shape index (κ2) is 6.26. The van der Waals surface area contributed by atoms with Crippen molar-refractivity contribution in [2.45, 2.75) is 32.9 Å². The van der Waals surface area contributed by atoms with Gasteiger partial charge < -0.3 is 15.0 Å². The fourth-order valence-electron chi connectivity index (χ4n) is 2.48. The van der Waals surface area contributed by atoms with Crippen LogP contribution in [0.4, 0.5) is 11.4 Å². The molecule has 0 saturated heterocycles. The molecule has 1 N–H and O–H groups in total. The Hall–Kier alpha value is -2.97. The number of carbonyl (C=O) groups is 2. The van der Waals surface area contributed by atoms with Gasteiger partial charge in [-0.15, -0.1) is 5.10 Å². The zero-order chi connectivity index (χ0) is 17.3. The van der Waals surface area contributed by atoms with Crippen molar-refractivity contribution >= 4 is 23.2 Å². The first-order valence-corrected chi connectivity index (χ1v) is 7.56. The van der Waals surface area contributed by atoms with Gasteiger partial charge in [0.15, 0.2) is 6.10 Å². The molecule has 0 radical (unpaired) electrons. The van der Waals surface area contributed by atoms with Crippen LogP contribution in [0.2, 0.25) is 0 Å². The van der Waals surface area contributed by atoms with Gasteiger partial charge in [-0.2, -0.15) is 0 Å². The molecule has 2 amide bonds. The van der Waals surface area contributed by atoms with Crippen LogP contribution in [0.3, 0.4) is 0 Å². The fraction of sp³-hybridized carbons (Fsp3) is 0.400. The quantitative estimate of drug-likeness (QED) is 0.887. The maximum atomic E-state index is 12.1. The highest BCUT2D eigenvalue weighted by Gasteiger charge is 2.29. The largest absolute Gasteiger partial charge is 0.479 e. The lowest BCUT2D eigenvalue weighted by molar-refractivity contribution is -0.125. The molecule has 0 spiro atoms. The Labute approximate surface area is 138 Å². The molecule has 1 aromatic heterocycles. The Morgan fingerprint density at radius 3 is 2.92 bits per heavy atom. The van der Waals surface area contributed by atoms with Crippen LogP contribution in [0.1, 0.15) is 19.2 Å². The average Bonchev–Trinajstić information content (AvgIpc) is 2.97. The van der Waals surface area contributed by atoms with E-state index < -0.39 is 6.10 Å². The summed E-state index contributed by atoms with van der Waals surface area (Å²) in [6, 6.07) is 5.21. The first-order chi connectivity index (χ1) is 11.5. The Morgan fingerprint density at radius 2 is 2.21 bits per heavy atom. The summed E-state index contributed by atoms with van der Waals surface area (Å²) in [5, 5.41) is 13.9. The van der Waals surface area contributed by atoms with Gasteiger partial charge in [-0.1, -0.05) is 0 Å². The number of hydrogen-bond donors (Lipinski definition) is 1. The minimum Gasteiger partial charge on any atom is -0.479 e. The van der Waals surface area contributed by atoms with Gasteiger partial charge in [0, 0.05) is 19.2 Å². The predicted molar refractivity (Wildman–Crippen MR) is 85.7 cm³/mol. The summed E-state index contributed by atoms with van der Waals surface area (Å²) in [6.45, 7) is 3.88. The number of nitrogens with zero attached hydrogens (tertiary/aromatic N) is 5. The van der Waals surface area contributed by atoms with Crippen molar-refractivity contribution in [2.24, 2.45) is 0 Å². The molecule has 2 heterocycles. The van der Waals surface area contributed by atoms with Gasteiger partial charge >= 0.3 is 0 Å². The maximum absolute atomic E-state index is 12.1. The van der Waals surface area contributed by atoms with Crippen LogP contribution < -0.4 is 15.0 Å². The zero-order valence-electron chi connectivity index (χ0n) is 13.7. The minimum atomic E-state index is -0.512.